The van der Waals surface area contributed by atoms with E-state index >= 15 is 0 Å². The summed E-state index contributed by atoms with van der Waals surface area (Å²) in [5.41, 5.74) is 1.29. The van der Waals surface area contributed by atoms with Crippen molar-refractivity contribution in [3.63, 3.8) is 0 Å². The number of Topliss-reactive ketones (excluding diaryl/α,β-unsaturated/α-hetero) is 1. The minimum atomic E-state index is -2.10. The van der Waals surface area contributed by atoms with E-state index < -0.39 is 17.7 Å². The van der Waals surface area contributed by atoms with Gasteiger partial charge >= 0.3 is 11.8 Å². The fourth-order valence-corrected chi connectivity index (χ4v) is 3.65. The van der Waals surface area contributed by atoms with Gasteiger partial charge in [-0.25, -0.2) is 4.79 Å². The van der Waals surface area contributed by atoms with Crippen LogP contribution in [0.2, 0.25) is 0 Å². The smallest absolute Gasteiger partial charge is 0.379 e. The van der Waals surface area contributed by atoms with E-state index in [4.69, 9.17) is 18.9 Å². The van der Waals surface area contributed by atoms with Gasteiger partial charge in [-0.15, -0.1) is 0 Å². The molecule has 0 fully saturated rings. The molecule has 1 aliphatic carbocycles. The van der Waals surface area contributed by atoms with Crippen molar-refractivity contribution in [2.24, 2.45) is 0 Å². The van der Waals surface area contributed by atoms with Gasteiger partial charge in [-0.3, -0.25) is 4.79 Å². The number of rotatable bonds is 2. The number of ether oxygens (including phenoxy) is 4. The number of aliphatic hydroxyl groups is 1. The maximum absolute atomic E-state index is 12.5. The molecule has 2 aliphatic heterocycles. The van der Waals surface area contributed by atoms with Crippen LogP contribution in [0.4, 0.5) is 0 Å². The Morgan fingerprint density at radius 3 is 2.88 bits per heavy atom. The molecule has 132 valence electrons. The molecule has 0 amide bonds. The largest absolute Gasteiger partial charge is 0.464 e. The van der Waals surface area contributed by atoms with Crippen LogP contribution >= 0.6 is 0 Å². The Bertz CT molecular complexity index is 782. The van der Waals surface area contributed by atoms with Gasteiger partial charge in [0, 0.05) is 30.8 Å². The zero-order valence-corrected chi connectivity index (χ0v) is 13.7. The fourth-order valence-electron chi connectivity index (χ4n) is 3.65. The number of allylic oxidation sites excluding steroid dienone is 2. The van der Waals surface area contributed by atoms with Gasteiger partial charge in [0.05, 0.1) is 7.11 Å². The third-order valence-corrected chi connectivity index (χ3v) is 4.83. The Balaban J connectivity index is 1.80. The lowest BCUT2D eigenvalue weighted by molar-refractivity contribution is -0.222. The van der Waals surface area contributed by atoms with E-state index in [1.165, 1.54) is 7.11 Å². The van der Waals surface area contributed by atoms with E-state index in [0.717, 1.165) is 5.56 Å². The average Bonchev–Trinajstić information content (AvgIpc) is 3.08. The first-order chi connectivity index (χ1) is 12.0. The highest BCUT2D eigenvalue weighted by Crippen LogP contribution is 2.47. The molecule has 0 saturated heterocycles. The van der Waals surface area contributed by atoms with Gasteiger partial charge in [-0.1, -0.05) is 6.07 Å². The number of benzene rings is 1. The van der Waals surface area contributed by atoms with Crippen LogP contribution in [-0.2, 0) is 19.1 Å². The molecule has 0 radical (unpaired) electrons. The molecular weight excluding hydrogens is 328 g/mol. The number of hydrogen-bond acceptors (Lipinski definition) is 7. The monoisotopic (exact) mass is 346 g/mol. The van der Waals surface area contributed by atoms with Crippen LogP contribution in [0, 0.1) is 0 Å². The average molecular weight is 346 g/mol. The van der Waals surface area contributed by atoms with Crippen LogP contribution in [-0.4, -0.2) is 36.5 Å². The molecule has 0 saturated carbocycles. The fraction of sp³-hybridized carbons (Fsp3) is 0.444. The van der Waals surface area contributed by atoms with E-state index in [-0.39, 0.29) is 19.0 Å². The highest BCUT2D eigenvalue weighted by Gasteiger charge is 2.50. The van der Waals surface area contributed by atoms with Crippen molar-refractivity contribution in [1.29, 1.82) is 0 Å². The molecule has 0 aromatic heterocycles. The van der Waals surface area contributed by atoms with Crippen molar-refractivity contribution in [3.05, 3.63) is 35.1 Å². The molecule has 3 aliphatic rings. The van der Waals surface area contributed by atoms with Crippen LogP contribution in [0.1, 0.15) is 37.2 Å². The van der Waals surface area contributed by atoms with Crippen LogP contribution in [0.25, 0.3) is 0 Å². The minimum Gasteiger partial charge on any atom is -0.464 e. The number of carbonyl (C=O) groups is 2. The Morgan fingerprint density at radius 2 is 2.08 bits per heavy atom. The van der Waals surface area contributed by atoms with Gasteiger partial charge < -0.3 is 24.1 Å². The van der Waals surface area contributed by atoms with E-state index in [1.807, 2.05) is 6.07 Å². The molecule has 1 unspecified atom stereocenters. The molecule has 0 bridgehead atoms. The zero-order valence-electron chi connectivity index (χ0n) is 13.7. The first-order valence-corrected chi connectivity index (χ1v) is 8.17. The summed E-state index contributed by atoms with van der Waals surface area (Å²) in [5.74, 6) is -1.89. The van der Waals surface area contributed by atoms with Crippen molar-refractivity contribution >= 4 is 11.8 Å². The molecule has 1 aromatic carbocycles. The summed E-state index contributed by atoms with van der Waals surface area (Å²) in [7, 11) is 1.19. The molecule has 1 aromatic rings. The third-order valence-electron chi connectivity index (χ3n) is 4.83. The minimum absolute atomic E-state index is 0.0177. The Morgan fingerprint density at radius 1 is 1.28 bits per heavy atom. The summed E-state index contributed by atoms with van der Waals surface area (Å²) in [6, 6.07) is 5.36. The summed E-state index contributed by atoms with van der Waals surface area (Å²) in [5, 5.41) is 10.7. The second-order valence-electron chi connectivity index (χ2n) is 6.36. The second-order valence-corrected chi connectivity index (χ2v) is 6.36. The van der Waals surface area contributed by atoms with Crippen molar-refractivity contribution < 1.29 is 33.6 Å². The van der Waals surface area contributed by atoms with Crippen molar-refractivity contribution in [3.8, 4) is 11.5 Å². The molecule has 7 nitrogen and oxygen atoms in total. The van der Waals surface area contributed by atoms with Gasteiger partial charge in [0.2, 0.25) is 6.79 Å². The number of hydrogen-bond donors (Lipinski definition) is 1. The predicted octanol–water partition coefficient (Wildman–Crippen LogP) is 1.79. The van der Waals surface area contributed by atoms with E-state index in [2.05, 4.69) is 0 Å². The van der Waals surface area contributed by atoms with Gasteiger partial charge in [-0.05, 0) is 24.1 Å². The quantitative estimate of drug-likeness (QED) is 0.816. The molecule has 1 N–H and O–H groups in total. The summed E-state index contributed by atoms with van der Waals surface area (Å²) >= 11 is 0. The zero-order chi connectivity index (χ0) is 17.6. The number of fused-ring (bicyclic) bond motifs is 1. The van der Waals surface area contributed by atoms with E-state index in [1.54, 1.807) is 12.1 Å². The van der Waals surface area contributed by atoms with Crippen molar-refractivity contribution in [1.82, 2.24) is 0 Å². The van der Waals surface area contributed by atoms with E-state index in [9.17, 15) is 14.7 Å². The highest BCUT2D eigenvalue weighted by atomic mass is 16.7. The maximum atomic E-state index is 12.5. The van der Waals surface area contributed by atoms with Gasteiger partial charge in [-0.2, -0.15) is 0 Å². The van der Waals surface area contributed by atoms with Gasteiger partial charge in [0.15, 0.2) is 17.3 Å². The SMILES string of the molecule is COC(=O)C1(O)C[C@H](c2ccc3c(c2)OCO3)C2=C(CCCC2=O)O1. The summed E-state index contributed by atoms with van der Waals surface area (Å²) < 4.78 is 20.9. The molecule has 4 rings (SSSR count). The lowest BCUT2D eigenvalue weighted by atomic mass is 9.77. The molecule has 7 heteroatoms. The topological polar surface area (TPSA) is 91.3 Å². The molecular formula is C18H18O7. The highest BCUT2D eigenvalue weighted by molar-refractivity contribution is 5.98. The van der Waals surface area contributed by atoms with Crippen LogP contribution < -0.4 is 9.47 Å². The van der Waals surface area contributed by atoms with Crippen LogP contribution in [0.15, 0.2) is 29.5 Å². The molecule has 2 heterocycles. The second kappa shape index (κ2) is 5.77. The Hall–Kier alpha value is -2.54. The number of methoxy groups -OCH3 is 1. The van der Waals surface area contributed by atoms with Crippen molar-refractivity contribution in [2.45, 2.75) is 37.4 Å². The summed E-state index contributed by atoms with van der Waals surface area (Å²) in [6.45, 7) is 0.144. The molecule has 0 spiro atoms. The lowest BCUT2D eigenvalue weighted by Gasteiger charge is -2.39. The van der Waals surface area contributed by atoms with Crippen molar-refractivity contribution in [2.75, 3.05) is 13.9 Å². The van der Waals surface area contributed by atoms with E-state index in [0.29, 0.717) is 42.1 Å². The van der Waals surface area contributed by atoms with Gasteiger partial charge in [0.25, 0.3) is 0 Å². The molecule has 2 atom stereocenters. The van der Waals surface area contributed by atoms with Crippen LogP contribution in [0.3, 0.4) is 0 Å². The first kappa shape index (κ1) is 16.0. The Kier molecular flexibility index (Phi) is 3.68. The number of carbonyl (C=O) groups excluding carboxylic acids is 2. The summed E-state index contributed by atoms with van der Waals surface area (Å²) in [6.07, 6.45) is 1.47. The lowest BCUT2D eigenvalue weighted by Crippen LogP contribution is -2.47. The first-order valence-electron chi connectivity index (χ1n) is 8.17. The predicted molar refractivity (Wildman–Crippen MR) is 83.9 cm³/mol. The normalized spacial score (nSPS) is 27.6. The summed E-state index contributed by atoms with van der Waals surface area (Å²) in [4.78, 5) is 24.6. The number of esters is 1. The standard InChI is InChI=1S/C18H18O7/c1-22-17(20)18(21)8-11(16-12(19)3-2-4-14(16)25-18)10-5-6-13-15(7-10)24-9-23-13/h5-7,11,21H,2-4,8-9H2,1H3/t11-,18?/m1/s1. The Labute approximate surface area is 144 Å². The van der Waals surface area contributed by atoms with Gasteiger partial charge in [0.1, 0.15) is 5.76 Å². The number of ketones is 1. The molecule has 25 heavy (non-hydrogen) atoms. The maximum Gasteiger partial charge on any atom is 0.379 e. The van der Waals surface area contributed by atoms with Crippen LogP contribution in [0.5, 0.6) is 11.5 Å². The third kappa shape index (κ3) is 2.55.